The lowest BCUT2D eigenvalue weighted by Gasteiger charge is -2.21. The number of carboxylic acid groups (broad SMARTS) is 1. The Morgan fingerprint density at radius 3 is 2.28 bits per heavy atom. The normalized spacial score (nSPS) is 14.3. The van der Waals surface area contributed by atoms with Crippen LogP contribution < -0.4 is 15.8 Å². The number of ether oxygens (including phenoxy) is 1. The van der Waals surface area contributed by atoms with Gasteiger partial charge in [0.15, 0.2) is 0 Å². The molecule has 2 atom stereocenters. The second-order valence-corrected chi connectivity index (χ2v) is 4.37. The minimum absolute atomic E-state index is 0.109. The van der Waals surface area contributed by atoms with E-state index in [0.29, 0.717) is 0 Å². The van der Waals surface area contributed by atoms with E-state index in [9.17, 15) is 4.79 Å². The number of rotatable bonds is 6. The highest BCUT2D eigenvalue weighted by Gasteiger charge is 2.24. The van der Waals surface area contributed by atoms with Crippen LogP contribution in [0, 0.1) is 0 Å². The zero-order valence-corrected chi connectivity index (χ0v) is 10.9. The number of benzene rings is 1. The Morgan fingerprint density at radius 2 is 1.89 bits per heavy atom. The number of hydrogen-bond donors (Lipinski definition) is 3. The molecule has 5 heteroatoms. The number of carboxylic acids is 1. The molecule has 0 heterocycles. The number of carbonyl (C=O) groups is 1. The van der Waals surface area contributed by atoms with Gasteiger partial charge in [-0.05, 0) is 38.6 Å². The van der Waals surface area contributed by atoms with Crippen molar-refractivity contribution in [2.45, 2.75) is 32.0 Å². The van der Waals surface area contributed by atoms with Crippen molar-refractivity contribution < 1.29 is 14.6 Å². The molecular weight excluding hydrogens is 232 g/mol. The van der Waals surface area contributed by atoms with Crippen molar-refractivity contribution in [3.8, 4) is 5.75 Å². The summed E-state index contributed by atoms with van der Waals surface area (Å²) in [5, 5.41) is 11.8. The summed E-state index contributed by atoms with van der Waals surface area (Å²) < 4.78 is 5.52. The summed E-state index contributed by atoms with van der Waals surface area (Å²) in [7, 11) is 1.69. The minimum Gasteiger partial charge on any atom is -0.491 e. The van der Waals surface area contributed by atoms with E-state index in [1.54, 1.807) is 7.05 Å². The monoisotopic (exact) mass is 252 g/mol. The predicted octanol–water partition coefficient (Wildman–Crippen LogP) is 1.15. The number of nitrogens with one attached hydrogen (secondary N) is 1. The third-order valence-corrected chi connectivity index (χ3v) is 2.57. The Hall–Kier alpha value is -1.59. The fraction of sp³-hybridized carbons (Fsp3) is 0.462. The van der Waals surface area contributed by atoms with Crippen molar-refractivity contribution in [1.29, 1.82) is 0 Å². The van der Waals surface area contributed by atoms with E-state index in [0.717, 1.165) is 11.3 Å². The molecule has 1 rings (SSSR count). The number of likely N-dealkylation sites (N-methyl/N-ethyl adjacent to an activating group) is 1. The Morgan fingerprint density at radius 1 is 1.33 bits per heavy atom. The van der Waals surface area contributed by atoms with Crippen LogP contribution in [0.2, 0.25) is 0 Å². The zero-order chi connectivity index (χ0) is 13.7. The van der Waals surface area contributed by atoms with Crippen LogP contribution in [0.1, 0.15) is 25.5 Å². The first-order valence-electron chi connectivity index (χ1n) is 5.88. The van der Waals surface area contributed by atoms with Gasteiger partial charge in [-0.1, -0.05) is 12.1 Å². The summed E-state index contributed by atoms with van der Waals surface area (Å²) in [6.07, 6.45) is 0.109. The van der Waals surface area contributed by atoms with Crippen molar-refractivity contribution >= 4 is 5.97 Å². The highest BCUT2D eigenvalue weighted by Crippen LogP contribution is 2.20. The fourth-order valence-corrected chi connectivity index (χ4v) is 1.72. The van der Waals surface area contributed by atoms with Crippen molar-refractivity contribution in [2.24, 2.45) is 5.73 Å². The molecule has 2 unspecified atom stereocenters. The van der Waals surface area contributed by atoms with Gasteiger partial charge in [-0.2, -0.15) is 0 Å². The molecule has 1 aromatic carbocycles. The number of nitrogens with two attached hydrogens (primary N) is 1. The van der Waals surface area contributed by atoms with Gasteiger partial charge in [-0.3, -0.25) is 4.79 Å². The summed E-state index contributed by atoms with van der Waals surface area (Å²) in [4.78, 5) is 10.9. The average molecular weight is 252 g/mol. The van der Waals surface area contributed by atoms with Crippen molar-refractivity contribution in [1.82, 2.24) is 5.32 Å². The molecule has 0 aliphatic heterocycles. The molecule has 0 bridgehead atoms. The summed E-state index contributed by atoms with van der Waals surface area (Å²) >= 11 is 0. The molecule has 0 saturated carbocycles. The molecule has 0 aliphatic rings. The minimum atomic E-state index is -1.03. The Balaban J connectivity index is 2.85. The molecule has 100 valence electrons. The molecule has 0 fully saturated rings. The molecule has 0 saturated heterocycles. The van der Waals surface area contributed by atoms with E-state index >= 15 is 0 Å². The number of aliphatic carboxylic acids is 1. The van der Waals surface area contributed by atoms with Crippen LogP contribution in [0.3, 0.4) is 0 Å². The van der Waals surface area contributed by atoms with Crippen LogP contribution in [-0.4, -0.2) is 30.3 Å². The topological polar surface area (TPSA) is 84.6 Å². The molecular formula is C13H20N2O3. The van der Waals surface area contributed by atoms with Crippen LogP contribution in [-0.2, 0) is 4.79 Å². The van der Waals surface area contributed by atoms with Gasteiger partial charge in [-0.25, -0.2) is 0 Å². The smallest absolute Gasteiger partial charge is 0.322 e. The van der Waals surface area contributed by atoms with Crippen LogP contribution in [0.25, 0.3) is 0 Å². The molecule has 0 amide bonds. The maximum Gasteiger partial charge on any atom is 0.322 e. The quantitative estimate of drug-likeness (QED) is 0.707. The summed E-state index contributed by atoms with van der Waals surface area (Å²) in [5.74, 6) is -0.274. The highest BCUT2D eigenvalue weighted by atomic mass is 16.5. The van der Waals surface area contributed by atoms with E-state index in [2.05, 4.69) is 5.32 Å². The highest BCUT2D eigenvalue weighted by molar-refractivity contribution is 5.74. The standard InChI is InChI=1S/C13H20N2O3/c1-8(2)18-10-6-4-9(5-7-10)12(15-3)11(14)13(16)17/h4-8,11-12,15H,14H2,1-3H3,(H,16,17). The van der Waals surface area contributed by atoms with E-state index in [1.165, 1.54) is 0 Å². The zero-order valence-electron chi connectivity index (χ0n) is 10.9. The second kappa shape index (κ2) is 6.37. The molecule has 0 spiro atoms. The van der Waals surface area contributed by atoms with Gasteiger partial charge in [0.05, 0.1) is 12.1 Å². The largest absolute Gasteiger partial charge is 0.491 e. The molecule has 0 radical (unpaired) electrons. The molecule has 18 heavy (non-hydrogen) atoms. The summed E-state index contributed by atoms with van der Waals surface area (Å²) in [5.41, 5.74) is 6.45. The van der Waals surface area contributed by atoms with Crippen LogP contribution in [0.15, 0.2) is 24.3 Å². The maximum atomic E-state index is 10.9. The average Bonchev–Trinajstić information content (AvgIpc) is 2.31. The van der Waals surface area contributed by atoms with Crippen molar-refractivity contribution in [2.75, 3.05) is 7.05 Å². The first-order valence-corrected chi connectivity index (χ1v) is 5.88. The van der Waals surface area contributed by atoms with E-state index in [4.69, 9.17) is 15.6 Å². The van der Waals surface area contributed by atoms with Crippen molar-refractivity contribution in [3.63, 3.8) is 0 Å². The van der Waals surface area contributed by atoms with Gasteiger partial charge < -0.3 is 20.9 Å². The summed E-state index contributed by atoms with van der Waals surface area (Å²) in [6, 6.07) is 5.87. The van der Waals surface area contributed by atoms with Gasteiger partial charge in [0.25, 0.3) is 0 Å². The Labute approximate surface area is 107 Å². The van der Waals surface area contributed by atoms with Gasteiger partial charge in [0, 0.05) is 0 Å². The van der Waals surface area contributed by atoms with Crippen LogP contribution in [0.5, 0.6) is 5.75 Å². The summed E-state index contributed by atoms with van der Waals surface area (Å²) in [6.45, 7) is 3.90. The first kappa shape index (κ1) is 14.5. The third-order valence-electron chi connectivity index (χ3n) is 2.57. The van der Waals surface area contributed by atoms with E-state index in [-0.39, 0.29) is 6.10 Å². The third kappa shape index (κ3) is 3.72. The first-order chi connectivity index (χ1) is 8.45. The second-order valence-electron chi connectivity index (χ2n) is 4.37. The van der Waals surface area contributed by atoms with Gasteiger partial charge in [0.1, 0.15) is 11.8 Å². The fourth-order valence-electron chi connectivity index (χ4n) is 1.72. The Bertz CT molecular complexity index is 390. The maximum absolute atomic E-state index is 10.9. The van der Waals surface area contributed by atoms with E-state index in [1.807, 2.05) is 38.1 Å². The molecule has 1 aromatic rings. The lowest BCUT2D eigenvalue weighted by Crippen LogP contribution is -2.42. The van der Waals surface area contributed by atoms with E-state index < -0.39 is 18.1 Å². The van der Waals surface area contributed by atoms with Crippen LogP contribution >= 0.6 is 0 Å². The van der Waals surface area contributed by atoms with Crippen LogP contribution in [0.4, 0.5) is 0 Å². The molecule has 0 aliphatic carbocycles. The van der Waals surface area contributed by atoms with Gasteiger partial charge in [0.2, 0.25) is 0 Å². The number of hydrogen-bond acceptors (Lipinski definition) is 4. The lowest BCUT2D eigenvalue weighted by atomic mass is 10.00. The van der Waals surface area contributed by atoms with Gasteiger partial charge >= 0.3 is 5.97 Å². The molecule has 0 aromatic heterocycles. The van der Waals surface area contributed by atoms with Gasteiger partial charge in [-0.15, -0.1) is 0 Å². The molecule has 4 N–H and O–H groups in total. The predicted molar refractivity (Wildman–Crippen MR) is 69.6 cm³/mol. The van der Waals surface area contributed by atoms with Crippen molar-refractivity contribution in [3.05, 3.63) is 29.8 Å². The molecule has 5 nitrogen and oxygen atoms in total. The Kier molecular flexibility index (Phi) is 5.12. The lowest BCUT2D eigenvalue weighted by molar-refractivity contribution is -0.139. The SMILES string of the molecule is CNC(c1ccc(OC(C)C)cc1)C(N)C(=O)O.